The summed E-state index contributed by atoms with van der Waals surface area (Å²) in [6, 6.07) is 6.99. The summed E-state index contributed by atoms with van der Waals surface area (Å²) in [5.41, 5.74) is 5.88. The van der Waals surface area contributed by atoms with Gasteiger partial charge in [0.1, 0.15) is 5.75 Å². The van der Waals surface area contributed by atoms with Gasteiger partial charge in [0.15, 0.2) is 0 Å². The standard InChI is InChI=1S/C14H18N2O2S/c1-18-11-6-4-10(5-7-11)12(17)16-14(13(15)19)8-2-3-9-14/h4-7H,2-3,8-9H2,1H3,(H2,15,19)(H,16,17). The molecule has 19 heavy (non-hydrogen) atoms. The second kappa shape index (κ2) is 5.57. The molecule has 1 fully saturated rings. The van der Waals surface area contributed by atoms with Crippen molar-refractivity contribution in [2.24, 2.45) is 5.73 Å². The fourth-order valence-electron chi connectivity index (χ4n) is 2.44. The number of thiocarbonyl (C=S) groups is 1. The Morgan fingerprint density at radius 3 is 2.37 bits per heavy atom. The van der Waals surface area contributed by atoms with Gasteiger partial charge in [-0.2, -0.15) is 0 Å². The Balaban J connectivity index is 2.13. The van der Waals surface area contributed by atoms with E-state index in [1.54, 1.807) is 31.4 Å². The third-order valence-electron chi connectivity index (χ3n) is 3.63. The van der Waals surface area contributed by atoms with Crippen LogP contribution < -0.4 is 15.8 Å². The predicted molar refractivity (Wildman–Crippen MR) is 78.4 cm³/mol. The molecule has 0 spiro atoms. The number of hydrogen-bond donors (Lipinski definition) is 2. The summed E-state index contributed by atoms with van der Waals surface area (Å²) in [5, 5.41) is 3.00. The molecule has 3 N–H and O–H groups in total. The molecule has 0 bridgehead atoms. The van der Waals surface area contributed by atoms with Crippen molar-refractivity contribution >= 4 is 23.1 Å². The summed E-state index contributed by atoms with van der Waals surface area (Å²) < 4.78 is 5.07. The van der Waals surface area contributed by atoms with Crippen LogP contribution in [0.1, 0.15) is 36.0 Å². The van der Waals surface area contributed by atoms with E-state index in [1.807, 2.05) is 0 Å². The summed E-state index contributed by atoms with van der Waals surface area (Å²) in [6.07, 6.45) is 3.73. The molecule has 0 unspecified atom stereocenters. The second-order valence-electron chi connectivity index (χ2n) is 4.84. The molecule has 0 heterocycles. The van der Waals surface area contributed by atoms with Crippen molar-refractivity contribution in [2.75, 3.05) is 7.11 Å². The lowest BCUT2D eigenvalue weighted by Crippen LogP contribution is -2.54. The number of amides is 1. The van der Waals surface area contributed by atoms with Crippen LogP contribution in [0.15, 0.2) is 24.3 Å². The molecule has 0 saturated heterocycles. The quantitative estimate of drug-likeness (QED) is 0.827. The number of hydrogen-bond acceptors (Lipinski definition) is 3. The molecule has 2 rings (SSSR count). The van der Waals surface area contributed by atoms with E-state index in [0.717, 1.165) is 31.4 Å². The number of nitrogens with one attached hydrogen (secondary N) is 1. The highest BCUT2D eigenvalue weighted by Crippen LogP contribution is 2.30. The molecule has 1 amide bonds. The Morgan fingerprint density at radius 2 is 1.89 bits per heavy atom. The zero-order chi connectivity index (χ0) is 13.9. The van der Waals surface area contributed by atoms with Crippen LogP contribution in [-0.4, -0.2) is 23.5 Å². The van der Waals surface area contributed by atoms with Crippen molar-refractivity contribution in [1.82, 2.24) is 5.32 Å². The molecule has 1 aliphatic rings. The zero-order valence-electron chi connectivity index (χ0n) is 10.9. The van der Waals surface area contributed by atoms with Gasteiger partial charge in [0.2, 0.25) is 0 Å². The summed E-state index contributed by atoms with van der Waals surface area (Å²) in [4.78, 5) is 12.6. The molecule has 1 aromatic rings. The first-order chi connectivity index (χ1) is 9.07. The molecular weight excluding hydrogens is 260 g/mol. The van der Waals surface area contributed by atoms with E-state index in [4.69, 9.17) is 22.7 Å². The molecule has 0 radical (unpaired) electrons. The topological polar surface area (TPSA) is 64.3 Å². The molecule has 5 heteroatoms. The van der Waals surface area contributed by atoms with E-state index in [-0.39, 0.29) is 5.91 Å². The Morgan fingerprint density at radius 1 is 1.32 bits per heavy atom. The Bertz CT molecular complexity index is 479. The number of carbonyl (C=O) groups is 1. The third-order valence-corrected chi connectivity index (χ3v) is 4.02. The van der Waals surface area contributed by atoms with Crippen molar-refractivity contribution in [1.29, 1.82) is 0 Å². The van der Waals surface area contributed by atoms with E-state index < -0.39 is 5.54 Å². The van der Waals surface area contributed by atoms with Crippen LogP contribution in [0, 0.1) is 0 Å². The minimum absolute atomic E-state index is 0.141. The average molecular weight is 278 g/mol. The van der Waals surface area contributed by atoms with Crippen molar-refractivity contribution in [3.05, 3.63) is 29.8 Å². The van der Waals surface area contributed by atoms with Crippen LogP contribution in [-0.2, 0) is 0 Å². The summed E-state index contributed by atoms with van der Waals surface area (Å²) in [6.45, 7) is 0. The average Bonchev–Trinajstić information content (AvgIpc) is 2.88. The van der Waals surface area contributed by atoms with Crippen molar-refractivity contribution in [3.63, 3.8) is 0 Å². The number of nitrogens with two attached hydrogens (primary N) is 1. The number of benzene rings is 1. The van der Waals surface area contributed by atoms with Gasteiger partial charge in [-0.3, -0.25) is 4.79 Å². The fraction of sp³-hybridized carbons (Fsp3) is 0.429. The molecule has 1 saturated carbocycles. The van der Waals surface area contributed by atoms with E-state index in [1.165, 1.54) is 0 Å². The minimum Gasteiger partial charge on any atom is -0.497 e. The Labute approximate surface area is 118 Å². The first-order valence-electron chi connectivity index (χ1n) is 6.34. The zero-order valence-corrected chi connectivity index (χ0v) is 11.8. The van der Waals surface area contributed by atoms with E-state index in [9.17, 15) is 4.79 Å². The predicted octanol–water partition coefficient (Wildman–Crippen LogP) is 2.02. The lowest BCUT2D eigenvalue weighted by molar-refractivity contribution is 0.0924. The Kier molecular flexibility index (Phi) is 4.04. The van der Waals surface area contributed by atoms with E-state index >= 15 is 0 Å². The highest BCUT2D eigenvalue weighted by atomic mass is 32.1. The van der Waals surface area contributed by atoms with Crippen LogP contribution in [0.4, 0.5) is 0 Å². The highest BCUT2D eigenvalue weighted by Gasteiger charge is 2.38. The van der Waals surface area contributed by atoms with Gasteiger partial charge in [0.05, 0.1) is 17.6 Å². The number of carbonyl (C=O) groups excluding carboxylic acids is 1. The minimum atomic E-state index is -0.508. The van der Waals surface area contributed by atoms with Crippen molar-refractivity contribution in [3.8, 4) is 5.75 Å². The normalized spacial score (nSPS) is 16.9. The van der Waals surface area contributed by atoms with Gasteiger partial charge >= 0.3 is 0 Å². The summed E-state index contributed by atoms with van der Waals surface area (Å²) in [7, 11) is 1.59. The molecule has 102 valence electrons. The van der Waals surface area contributed by atoms with Crippen LogP contribution in [0.5, 0.6) is 5.75 Å². The number of ether oxygens (including phenoxy) is 1. The molecule has 0 aliphatic heterocycles. The largest absolute Gasteiger partial charge is 0.497 e. The van der Waals surface area contributed by atoms with E-state index in [0.29, 0.717) is 10.6 Å². The number of methoxy groups -OCH3 is 1. The molecule has 1 aromatic carbocycles. The first-order valence-corrected chi connectivity index (χ1v) is 6.75. The van der Waals surface area contributed by atoms with Gasteiger partial charge in [0, 0.05) is 5.56 Å². The molecule has 1 aliphatic carbocycles. The van der Waals surface area contributed by atoms with Crippen LogP contribution in [0.3, 0.4) is 0 Å². The molecule has 0 aromatic heterocycles. The van der Waals surface area contributed by atoms with Gasteiger partial charge in [-0.1, -0.05) is 25.1 Å². The lowest BCUT2D eigenvalue weighted by Gasteiger charge is -2.29. The Hall–Kier alpha value is -1.62. The third kappa shape index (κ3) is 2.87. The smallest absolute Gasteiger partial charge is 0.252 e. The molecular formula is C14H18N2O2S. The lowest BCUT2D eigenvalue weighted by atomic mass is 9.97. The molecule has 0 atom stereocenters. The van der Waals surface area contributed by atoms with Gasteiger partial charge in [-0.05, 0) is 37.1 Å². The van der Waals surface area contributed by atoms with Crippen LogP contribution in [0.2, 0.25) is 0 Å². The van der Waals surface area contributed by atoms with Crippen LogP contribution >= 0.6 is 12.2 Å². The maximum absolute atomic E-state index is 12.2. The highest BCUT2D eigenvalue weighted by molar-refractivity contribution is 7.80. The maximum atomic E-state index is 12.2. The fourth-order valence-corrected chi connectivity index (χ4v) is 2.70. The van der Waals surface area contributed by atoms with Crippen molar-refractivity contribution < 1.29 is 9.53 Å². The van der Waals surface area contributed by atoms with Gasteiger partial charge < -0.3 is 15.8 Å². The first kappa shape index (κ1) is 13.8. The van der Waals surface area contributed by atoms with Gasteiger partial charge in [0.25, 0.3) is 5.91 Å². The van der Waals surface area contributed by atoms with Gasteiger partial charge in [-0.15, -0.1) is 0 Å². The van der Waals surface area contributed by atoms with Gasteiger partial charge in [-0.25, -0.2) is 0 Å². The summed E-state index contributed by atoms with van der Waals surface area (Å²) in [5.74, 6) is 0.582. The molecule has 4 nitrogen and oxygen atoms in total. The SMILES string of the molecule is COc1ccc(C(=O)NC2(C(N)=S)CCCC2)cc1. The second-order valence-corrected chi connectivity index (χ2v) is 5.28. The number of rotatable bonds is 4. The van der Waals surface area contributed by atoms with E-state index in [2.05, 4.69) is 5.32 Å². The van der Waals surface area contributed by atoms with Crippen molar-refractivity contribution in [2.45, 2.75) is 31.2 Å². The maximum Gasteiger partial charge on any atom is 0.252 e. The monoisotopic (exact) mass is 278 g/mol. The van der Waals surface area contributed by atoms with Crippen LogP contribution in [0.25, 0.3) is 0 Å². The summed E-state index contributed by atoms with van der Waals surface area (Å²) >= 11 is 5.12.